The average molecular weight is 194 g/mol. The lowest BCUT2D eigenvalue weighted by molar-refractivity contribution is 0.625. The minimum absolute atomic E-state index is 0.314. The van der Waals surface area contributed by atoms with Gasteiger partial charge in [-0.1, -0.05) is 0 Å². The van der Waals surface area contributed by atoms with Crippen LogP contribution in [0.4, 0.5) is 0 Å². The summed E-state index contributed by atoms with van der Waals surface area (Å²) >= 11 is 0. The number of rotatable bonds is 3. The summed E-state index contributed by atoms with van der Waals surface area (Å²) in [5.74, 6) is 0. The van der Waals surface area contributed by atoms with Gasteiger partial charge in [0.25, 0.3) is 0 Å². The van der Waals surface area contributed by atoms with E-state index in [1.807, 2.05) is 0 Å². The molecule has 0 atom stereocenters. The van der Waals surface area contributed by atoms with Crippen molar-refractivity contribution in [2.24, 2.45) is 0 Å². The van der Waals surface area contributed by atoms with E-state index in [4.69, 9.17) is 0 Å². The van der Waals surface area contributed by atoms with Crippen molar-refractivity contribution < 1.29 is 16.8 Å². The van der Waals surface area contributed by atoms with E-state index in [9.17, 15) is 16.8 Å². The van der Waals surface area contributed by atoms with Crippen molar-refractivity contribution in [2.75, 3.05) is 0 Å². The molecular weight excluding hydrogens is 192 g/mol. The zero-order chi connectivity index (χ0) is 6.57. The van der Waals surface area contributed by atoms with Gasteiger partial charge in [-0.25, -0.2) is 16.8 Å². The van der Waals surface area contributed by atoms with Crippen LogP contribution in [-0.4, -0.2) is 16.8 Å². The fourth-order valence-corrected chi connectivity index (χ4v) is 4.41. The standard InChI is InChI=1S/H2O4S4/c1-7(2)5-6-8(3)4/h7-8H. The van der Waals surface area contributed by atoms with Crippen LogP contribution >= 0.6 is 19.7 Å². The van der Waals surface area contributed by atoms with E-state index in [0.717, 1.165) is 0 Å². The topological polar surface area (TPSA) is 68.3 Å². The first kappa shape index (κ1) is 8.60. The van der Waals surface area contributed by atoms with Crippen molar-refractivity contribution in [3.05, 3.63) is 0 Å². The van der Waals surface area contributed by atoms with Crippen LogP contribution in [0.2, 0.25) is 0 Å². The van der Waals surface area contributed by atoms with E-state index in [1.54, 1.807) is 0 Å². The zero-order valence-corrected chi connectivity index (χ0v) is 6.77. The lowest BCUT2D eigenvalue weighted by atomic mass is 15.9. The Hall–Kier alpha value is 0.600. The maximum atomic E-state index is 9.62. The highest BCUT2D eigenvalue weighted by Crippen LogP contribution is 2.20. The summed E-state index contributed by atoms with van der Waals surface area (Å²) in [6, 6.07) is 0. The van der Waals surface area contributed by atoms with Crippen LogP contribution in [0.15, 0.2) is 0 Å². The SMILES string of the molecule is O=[SH](=O)SS[SH](=O)=O. The molecule has 0 aromatic carbocycles. The molecule has 0 rings (SSSR count). The number of thiol groups is 2. The van der Waals surface area contributed by atoms with Gasteiger partial charge in [0.15, 0.2) is 0 Å². The van der Waals surface area contributed by atoms with Crippen LogP contribution in [0.1, 0.15) is 0 Å². The van der Waals surface area contributed by atoms with Gasteiger partial charge in [-0.2, -0.15) is 0 Å². The predicted molar refractivity (Wildman–Crippen MR) is 35.8 cm³/mol. The minimum Gasteiger partial charge on any atom is -0.220 e. The summed E-state index contributed by atoms with van der Waals surface area (Å²) in [5, 5.41) is 0. The summed E-state index contributed by atoms with van der Waals surface area (Å²) < 4.78 is 38.5. The number of hydrogen-bond donors (Lipinski definition) is 2. The molecule has 0 aliphatic heterocycles. The molecule has 0 aliphatic carbocycles. The lowest BCUT2D eigenvalue weighted by Gasteiger charge is -1.73. The Morgan fingerprint density at radius 1 is 0.750 bits per heavy atom. The van der Waals surface area contributed by atoms with Crippen molar-refractivity contribution >= 4 is 39.1 Å². The van der Waals surface area contributed by atoms with Crippen LogP contribution < -0.4 is 0 Å². The Labute approximate surface area is 56.1 Å². The second-order valence-corrected chi connectivity index (χ2v) is 7.16. The molecule has 0 aromatic heterocycles. The van der Waals surface area contributed by atoms with E-state index < -0.39 is 19.5 Å². The van der Waals surface area contributed by atoms with Gasteiger partial charge in [0.2, 0.25) is 19.5 Å². The van der Waals surface area contributed by atoms with E-state index in [2.05, 4.69) is 0 Å². The summed E-state index contributed by atoms with van der Waals surface area (Å²) in [6.45, 7) is 0. The smallest absolute Gasteiger partial charge is 0.202 e. The van der Waals surface area contributed by atoms with Gasteiger partial charge in [-0.3, -0.25) is 0 Å². The molecule has 0 spiro atoms. The van der Waals surface area contributed by atoms with Crippen molar-refractivity contribution in [1.82, 2.24) is 0 Å². The fourth-order valence-electron chi connectivity index (χ4n) is 0.0544. The molecule has 8 heavy (non-hydrogen) atoms. The van der Waals surface area contributed by atoms with Crippen molar-refractivity contribution in [3.63, 3.8) is 0 Å². The lowest BCUT2D eigenvalue weighted by Crippen LogP contribution is -1.60. The van der Waals surface area contributed by atoms with Crippen LogP contribution in [-0.2, 0) is 19.5 Å². The van der Waals surface area contributed by atoms with Crippen molar-refractivity contribution in [2.45, 2.75) is 0 Å². The maximum Gasteiger partial charge on any atom is 0.202 e. The Morgan fingerprint density at radius 2 is 1.00 bits per heavy atom. The van der Waals surface area contributed by atoms with Crippen LogP contribution in [0.3, 0.4) is 0 Å². The van der Waals surface area contributed by atoms with Gasteiger partial charge in [-0.15, -0.1) is 0 Å². The third-order valence-electron chi connectivity index (χ3n) is 0.155. The Bertz CT molecular complexity index is 146. The summed E-state index contributed by atoms with van der Waals surface area (Å²) in [7, 11) is -4.65. The Balaban J connectivity index is 3.48. The predicted octanol–water partition coefficient (Wildman–Crippen LogP) is -0.579. The van der Waals surface area contributed by atoms with E-state index in [1.165, 1.54) is 0 Å². The molecular formula is H2O4S4. The normalized spacial score (nSPS) is 10.8. The monoisotopic (exact) mass is 194 g/mol. The van der Waals surface area contributed by atoms with E-state index in [-0.39, 0.29) is 0 Å². The minimum atomic E-state index is -2.64. The van der Waals surface area contributed by atoms with Gasteiger partial charge >= 0.3 is 0 Å². The Kier molecular flexibility index (Phi) is 4.81. The van der Waals surface area contributed by atoms with Crippen LogP contribution in [0.25, 0.3) is 0 Å². The second kappa shape index (κ2) is 4.48. The van der Waals surface area contributed by atoms with Gasteiger partial charge in [-0.05, 0) is 0 Å². The van der Waals surface area contributed by atoms with E-state index >= 15 is 0 Å². The highest BCUT2D eigenvalue weighted by atomic mass is 33.7. The summed E-state index contributed by atoms with van der Waals surface area (Å²) in [4.78, 5) is 0. The van der Waals surface area contributed by atoms with Crippen molar-refractivity contribution in [3.8, 4) is 0 Å². The van der Waals surface area contributed by atoms with Gasteiger partial charge in [0.05, 0.1) is 19.7 Å². The molecule has 50 valence electrons. The highest BCUT2D eigenvalue weighted by molar-refractivity contribution is 9.18. The van der Waals surface area contributed by atoms with Crippen molar-refractivity contribution in [1.29, 1.82) is 0 Å². The summed E-state index contributed by atoms with van der Waals surface area (Å²) in [5.41, 5.74) is 0. The largest absolute Gasteiger partial charge is 0.220 e. The molecule has 0 saturated carbocycles. The first-order valence-corrected chi connectivity index (χ1v) is 6.98. The average Bonchev–Trinajstić information content (AvgIpc) is 1.61. The van der Waals surface area contributed by atoms with Crippen LogP contribution in [0, 0.1) is 0 Å². The molecule has 0 bridgehead atoms. The number of hydrogen-bond acceptors (Lipinski definition) is 6. The molecule has 8 heteroatoms. The molecule has 0 aliphatic rings. The van der Waals surface area contributed by atoms with Gasteiger partial charge in [0, 0.05) is 0 Å². The quantitative estimate of drug-likeness (QED) is 0.463. The first-order valence-electron chi connectivity index (χ1n) is 1.26. The van der Waals surface area contributed by atoms with Crippen LogP contribution in [0.5, 0.6) is 0 Å². The molecule has 0 unspecified atom stereocenters. The highest BCUT2D eigenvalue weighted by Gasteiger charge is 1.88. The van der Waals surface area contributed by atoms with E-state index in [0.29, 0.717) is 19.7 Å². The third-order valence-corrected chi connectivity index (χ3v) is 5.99. The molecule has 0 fully saturated rings. The third kappa shape index (κ3) is 6.60. The second-order valence-electron chi connectivity index (χ2n) is 0.596. The maximum absolute atomic E-state index is 9.62. The van der Waals surface area contributed by atoms with Gasteiger partial charge < -0.3 is 0 Å². The molecule has 0 radical (unpaired) electrons. The first-order chi connectivity index (χ1) is 3.63. The molecule has 0 N–H and O–H groups in total. The molecule has 4 nitrogen and oxygen atoms in total. The molecule has 0 amide bonds. The zero-order valence-electron chi connectivity index (χ0n) is 3.34. The molecule has 0 aromatic rings. The Morgan fingerprint density at radius 3 is 1.12 bits per heavy atom. The van der Waals surface area contributed by atoms with Gasteiger partial charge in [0.1, 0.15) is 0 Å². The molecule has 0 heterocycles. The fraction of sp³-hybridized carbons (Fsp3) is 0. The summed E-state index contributed by atoms with van der Waals surface area (Å²) in [6.07, 6.45) is 0. The molecule has 0 saturated heterocycles.